The number of aliphatic hydroxyl groups is 1. The number of benzene rings is 1. The van der Waals surface area contributed by atoms with Gasteiger partial charge in [-0.2, -0.15) is 0 Å². The molecule has 1 N–H and O–H groups in total. The summed E-state index contributed by atoms with van der Waals surface area (Å²) in [5, 5.41) is 9.52. The number of aromatic nitrogens is 1. The fourth-order valence-electron chi connectivity index (χ4n) is 1.77. The number of hydrogen-bond donors (Lipinski definition) is 1. The van der Waals surface area contributed by atoms with Gasteiger partial charge in [0.2, 0.25) is 5.88 Å². The quantitative estimate of drug-likeness (QED) is 0.896. The summed E-state index contributed by atoms with van der Waals surface area (Å²) in [5.74, 6) is 1.29. The molecule has 0 aliphatic heterocycles. The standard InChI is InChI=1S/C15H17NO2/c1-10-4-5-14(11(2)8-10)18-15-9-13(12(3)17)6-7-16-15/h4-9,12,17H,1-3H3/t12-/m0/s1. The molecule has 0 bridgehead atoms. The van der Waals surface area contributed by atoms with E-state index in [2.05, 4.69) is 11.1 Å². The van der Waals surface area contributed by atoms with Gasteiger partial charge in [-0.05, 0) is 44.0 Å². The van der Waals surface area contributed by atoms with Crippen molar-refractivity contribution in [3.63, 3.8) is 0 Å². The molecule has 1 aromatic carbocycles. The smallest absolute Gasteiger partial charge is 0.219 e. The molecular formula is C15H17NO2. The van der Waals surface area contributed by atoms with Crippen LogP contribution in [0.2, 0.25) is 0 Å². The van der Waals surface area contributed by atoms with Crippen LogP contribution in [0.5, 0.6) is 11.6 Å². The lowest BCUT2D eigenvalue weighted by atomic mass is 10.1. The van der Waals surface area contributed by atoms with Gasteiger partial charge < -0.3 is 9.84 Å². The maximum absolute atomic E-state index is 9.52. The van der Waals surface area contributed by atoms with Crippen LogP contribution in [0.25, 0.3) is 0 Å². The van der Waals surface area contributed by atoms with E-state index < -0.39 is 6.10 Å². The van der Waals surface area contributed by atoms with E-state index in [1.54, 1.807) is 25.3 Å². The topological polar surface area (TPSA) is 42.4 Å². The van der Waals surface area contributed by atoms with Gasteiger partial charge in [0.1, 0.15) is 5.75 Å². The molecule has 0 saturated heterocycles. The Morgan fingerprint density at radius 1 is 1.17 bits per heavy atom. The SMILES string of the molecule is Cc1ccc(Oc2cc([C@H](C)O)ccn2)c(C)c1. The first-order valence-corrected chi connectivity index (χ1v) is 5.95. The molecule has 0 radical (unpaired) electrons. The molecule has 0 fully saturated rings. The average molecular weight is 243 g/mol. The Morgan fingerprint density at radius 3 is 2.61 bits per heavy atom. The molecule has 2 rings (SSSR count). The highest BCUT2D eigenvalue weighted by atomic mass is 16.5. The first kappa shape index (κ1) is 12.6. The molecular weight excluding hydrogens is 226 g/mol. The van der Waals surface area contributed by atoms with Gasteiger partial charge in [-0.3, -0.25) is 0 Å². The lowest BCUT2D eigenvalue weighted by molar-refractivity contribution is 0.198. The monoisotopic (exact) mass is 243 g/mol. The summed E-state index contributed by atoms with van der Waals surface area (Å²) in [6.07, 6.45) is 1.12. The maximum Gasteiger partial charge on any atom is 0.219 e. The zero-order valence-electron chi connectivity index (χ0n) is 10.8. The predicted molar refractivity (Wildman–Crippen MR) is 70.9 cm³/mol. The van der Waals surface area contributed by atoms with E-state index in [1.807, 2.05) is 26.0 Å². The van der Waals surface area contributed by atoms with Crippen LogP contribution in [0.3, 0.4) is 0 Å². The minimum Gasteiger partial charge on any atom is -0.439 e. The van der Waals surface area contributed by atoms with Crippen LogP contribution in [0.1, 0.15) is 29.7 Å². The zero-order chi connectivity index (χ0) is 13.1. The molecule has 18 heavy (non-hydrogen) atoms. The summed E-state index contributed by atoms with van der Waals surface area (Å²) in [6, 6.07) is 9.53. The molecule has 1 atom stereocenters. The summed E-state index contributed by atoms with van der Waals surface area (Å²) in [6.45, 7) is 5.76. The fourth-order valence-corrected chi connectivity index (χ4v) is 1.77. The van der Waals surface area contributed by atoms with Crippen LogP contribution in [0, 0.1) is 13.8 Å². The molecule has 0 aliphatic carbocycles. The maximum atomic E-state index is 9.52. The number of ether oxygens (including phenoxy) is 1. The molecule has 0 spiro atoms. The summed E-state index contributed by atoms with van der Waals surface area (Å²) >= 11 is 0. The second-order valence-electron chi connectivity index (χ2n) is 4.47. The predicted octanol–water partition coefficient (Wildman–Crippen LogP) is 3.54. The molecule has 94 valence electrons. The number of aryl methyl sites for hydroxylation is 2. The summed E-state index contributed by atoms with van der Waals surface area (Å²) < 4.78 is 5.73. The Kier molecular flexibility index (Phi) is 3.63. The van der Waals surface area contributed by atoms with E-state index in [0.717, 1.165) is 16.9 Å². The van der Waals surface area contributed by atoms with Gasteiger partial charge >= 0.3 is 0 Å². The second-order valence-corrected chi connectivity index (χ2v) is 4.47. The number of pyridine rings is 1. The van der Waals surface area contributed by atoms with Crippen LogP contribution in [-0.4, -0.2) is 10.1 Å². The minimum atomic E-state index is -0.519. The molecule has 0 amide bonds. The highest BCUT2D eigenvalue weighted by molar-refractivity contribution is 5.38. The van der Waals surface area contributed by atoms with E-state index >= 15 is 0 Å². The van der Waals surface area contributed by atoms with Crippen molar-refractivity contribution in [2.75, 3.05) is 0 Å². The molecule has 3 nitrogen and oxygen atoms in total. The third kappa shape index (κ3) is 2.87. The van der Waals surface area contributed by atoms with Gasteiger partial charge in [-0.15, -0.1) is 0 Å². The molecule has 3 heteroatoms. The Hall–Kier alpha value is -1.87. The van der Waals surface area contributed by atoms with E-state index in [-0.39, 0.29) is 0 Å². The fraction of sp³-hybridized carbons (Fsp3) is 0.267. The summed E-state index contributed by atoms with van der Waals surface area (Å²) in [5.41, 5.74) is 3.06. The lowest BCUT2D eigenvalue weighted by Crippen LogP contribution is -1.95. The Bertz CT molecular complexity index is 550. The zero-order valence-corrected chi connectivity index (χ0v) is 10.8. The average Bonchev–Trinajstić information content (AvgIpc) is 2.33. The van der Waals surface area contributed by atoms with Crippen molar-refractivity contribution in [2.24, 2.45) is 0 Å². The third-order valence-corrected chi connectivity index (χ3v) is 2.79. The van der Waals surface area contributed by atoms with E-state index in [9.17, 15) is 5.11 Å². The molecule has 0 aliphatic rings. The minimum absolute atomic E-state index is 0.500. The van der Waals surface area contributed by atoms with Gasteiger partial charge in [0.15, 0.2) is 0 Å². The van der Waals surface area contributed by atoms with Gasteiger partial charge in [0.25, 0.3) is 0 Å². The second kappa shape index (κ2) is 5.19. The number of aliphatic hydroxyl groups excluding tert-OH is 1. The molecule has 1 aromatic heterocycles. The Labute approximate surface area is 107 Å². The molecule has 2 aromatic rings. The van der Waals surface area contributed by atoms with Crippen molar-refractivity contribution in [3.8, 4) is 11.6 Å². The summed E-state index contributed by atoms with van der Waals surface area (Å²) in [4.78, 5) is 4.15. The van der Waals surface area contributed by atoms with Crippen molar-refractivity contribution in [2.45, 2.75) is 26.9 Å². The summed E-state index contributed by atoms with van der Waals surface area (Å²) in [7, 11) is 0. The van der Waals surface area contributed by atoms with Crippen molar-refractivity contribution in [1.29, 1.82) is 0 Å². The highest BCUT2D eigenvalue weighted by Gasteiger charge is 2.06. The highest BCUT2D eigenvalue weighted by Crippen LogP contribution is 2.25. The van der Waals surface area contributed by atoms with Gasteiger partial charge in [0, 0.05) is 12.3 Å². The first-order chi connectivity index (χ1) is 8.56. The van der Waals surface area contributed by atoms with E-state index in [4.69, 9.17) is 4.74 Å². The Morgan fingerprint density at radius 2 is 1.94 bits per heavy atom. The van der Waals surface area contributed by atoms with E-state index in [0.29, 0.717) is 5.88 Å². The van der Waals surface area contributed by atoms with Crippen LogP contribution < -0.4 is 4.74 Å². The lowest BCUT2D eigenvalue weighted by Gasteiger charge is -2.10. The van der Waals surface area contributed by atoms with Crippen molar-refractivity contribution in [1.82, 2.24) is 4.98 Å². The van der Waals surface area contributed by atoms with Gasteiger partial charge in [-0.1, -0.05) is 17.7 Å². The number of hydrogen-bond acceptors (Lipinski definition) is 3. The number of nitrogens with zero attached hydrogens (tertiary/aromatic N) is 1. The largest absolute Gasteiger partial charge is 0.439 e. The third-order valence-electron chi connectivity index (χ3n) is 2.79. The molecule has 1 heterocycles. The van der Waals surface area contributed by atoms with Crippen molar-refractivity contribution < 1.29 is 9.84 Å². The van der Waals surface area contributed by atoms with Crippen molar-refractivity contribution in [3.05, 3.63) is 53.2 Å². The van der Waals surface area contributed by atoms with Crippen LogP contribution in [-0.2, 0) is 0 Å². The van der Waals surface area contributed by atoms with Crippen molar-refractivity contribution >= 4 is 0 Å². The first-order valence-electron chi connectivity index (χ1n) is 5.95. The van der Waals surface area contributed by atoms with Gasteiger partial charge in [0.05, 0.1) is 6.10 Å². The molecule has 0 unspecified atom stereocenters. The van der Waals surface area contributed by atoms with E-state index in [1.165, 1.54) is 5.56 Å². The van der Waals surface area contributed by atoms with Gasteiger partial charge in [-0.25, -0.2) is 4.98 Å². The Balaban J connectivity index is 2.25. The normalized spacial score (nSPS) is 12.2. The molecule has 0 saturated carbocycles. The van der Waals surface area contributed by atoms with Crippen LogP contribution >= 0.6 is 0 Å². The number of rotatable bonds is 3. The van der Waals surface area contributed by atoms with Crippen LogP contribution in [0.15, 0.2) is 36.5 Å². The van der Waals surface area contributed by atoms with Crippen LogP contribution in [0.4, 0.5) is 0 Å².